The Morgan fingerprint density at radius 3 is 3.40 bits per heavy atom. The summed E-state index contributed by atoms with van der Waals surface area (Å²) in [4.78, 5) is 3.91. The molecule has 0 bridgehead atoms. The van der Waals surface area contributed by atoms with Crippen LogP contribution in [-0.4, -0.2) is 20.5 Å². The zero-order chi connectivity index (χ0) is 6.97. The van der Waals surface area contributed by atoms with E-state index in [1.807, 2.05) is 4.57 Å². The van der Waals surface area contributed by atoms with E-state index in [1.54, 1.807) is 12.5 Å². The Labute approximate surface area is 57.8 Å². The van der Waals surface area contributed by atoms with Crippen LogP contribution < -0.4 is 0 Å². The highest BCUT2D eigenvalue weighted by Gasteiger charge is 2.16. The Balaban J connectivity index is 2.53. The van der Waals surface area contributed by atoms with Gasteiger partial charge in [0.15, 0.2) is 0 Å². The smallest absolute Gasteiger partial charge is 0.107 e. The first kappa shape index (κ1) is 5.46. The van der Waals surface area contributed by atoms with E-state index in [9.17, 15) is 0 Å². The molecule has 0 saturated heterocycles. The van der Waals surface area contributed by atoms with E-state index in [-0.39, 0.29) is 0 Å². The van der Waals surface area contributed by atoms with Crippen LogP contribution >= 0.6 is 0 Å². The monoisotopic (exact) mass is 137 g/mol. The van der Waals surface area contributed by atoms with E-state index in [2.05, 4.69) is 10.1 Å². The highest BCUT2D eigenvalue weighted by atomic mass is 16.4. The van der Waals surface area contributed by atoms with Crippen molar-refractivity contribution in [3.8, 4) is 0 Å². The molecule has 2 rings (SSSR count). The fraction of sp³-hybridized carbons (Fsp3) is 0.333. The first-order valence-electron chi connectivity index (χ1n) is 3.13. The number of hydrogen-bond acceptors (Lipinski definition) is 3. The predicted octanol–water partition coefficient (Wildman–Crippen LogP) is 0.465. The Bertz CT molecular complexity index is 276. The molecule has 1 aliphatic rings. The van der Waals surface area contributed by atoms with Crippen LogP contribution in [0.15, 0.2) is 17.7 Å². The summed E-state index contributed by atoms with van der Waals surface area (Å²) in [6.45, 7) is 0.884. The van der Waals surface area contributed by atoms with Crippen molar-refractivity contribution in [1.29, 1.82) is 0 Å². The Kier molecular flexibility index (Phi) is 1.00. The van der Waals surface area contributed by atoms with Gasteiger partial charge in [-0.2, -0.15) is 0 Å². The minimum absolute atomic E-state index is 0.734. The summed E-state index contributed by atoms with van der Waals surface area (Å²) in [5.41, 5.74) is 1.67. The van der Waals surface area contributed by atoms with Crippen LogP contribution in [0.1, 0.15) is 12.1 Å². The third kappa shape index (κ3) is 0.556. The summed E-state index contributed by atoms with van der Waals surface area (Å²) in [6.07, 6.45) is 4.27. The second-order valence-electron chi connectivity index (χ2n) is 2.27. The van der Waals surface area contributed by atoms with E-state index in [1.165, 1.54) is 0 Å². The third-order valence-corrected chi connectivity index (χ3v) is 1.72. The molecule has 0 spiro atoms. The van der Waals surface area contributed by atoms with Crippen molar-refractivity contribution in [2.24, 2.45) is 5.16 Å². The van der Waals surface area contributed by atoms with Crippen molar-refractivity contribution in [2.75, 3.05) is 0 Å². The van der Waals surface area contributed by atoms with Crippen molar-refractivity contribution in [2.45, 2.75) is 13.0 Å². The highest BCUT2D eigenvalue weighted by Crippen LogP contribution is 2.13. The van der Waals surface area contributed by atoms with Gasteiger partial charge in [0.25, 0.3) is 0 Å². The maximum atomic E-state index is 8.48. The van der Waals surface area contributed by atoms with Gasteiger partial charge in [0, 0.05) is 13.0 Å². The SMILES string of the molecule is O/N=C1/CCn2cncc21. The molecule has 0 amide bonds. The first-order chi connectivity index (χ1) is 4.92. The van der Waals surface area contributed by atoms with Gasteiger partial charge in [-0.05, 0) is 0 Å². The summed E-state index contributed by atoms with van der Waals surface area (Å²) < 4.78 is 1.97. The van der Waals surface area contributed by atoms with Crippen LogP contribution in [0.2, 0.25) is 0 Å². The average Bonchev–Trinajstić information content (AvgIpc) is 2.44. The van der Waals surface area contributed by atoms with Crippen LogP contribution in [0, 0.1) is 0 Å². The molecule has 52 valence electrons. The number of aryl methyl sites for hydroxylation is 1. The molecule has 1 aliphatic heterocycles. The fourth-order valence-electron chi connectivity index (χ4n) is 1.19. The summed E-state index contributed by atoms with van der Waals surface area (Å²) in [5, 5.41) is 11.6. The Morgan fingerprint density at radius 2 is 2.60 bits per heavy atom. The van der Waals surface area contributed by atoms with Gasteiger partial charge in [0.2, 0.25) is 0 Å². The van der Waals surface area contributed by atoms with Crippen LogP contribution in [0.3, 0.4) is 0 Å². The lowest BCUT2D eigenvalue weighted by molar-refractivity contribution is 0.318. The topological polar surface area (TPSA) is 50.4 Å². The van der Waals surface area contributed by atoms with Gasteiger partial charge in [0.1, 0.15) is 5.71 Å². The van der Waals surface area contributed by atoms with Gasteiger partial charge < -0.3 is 9.77 Å². The number of oxime groups is 1. The molecule has 1 aromatic rings. The largest absolute Gasteiger partial charge is 0.411 e. The number of imidazole rings is 1. The van der Waals surface area contributed by atoms with E-state index >= 15 is 0 Å². The minimum Gasteiger partial charge on any atom is -0.411 e. The highest BCUT2D eigenvalue weighted by molar-refractivity contribution is 6.00. The average molecular weight is 137 g/mol. The quantitative estimate of drug-likeness (QED) is 0.417. The molecule has 0 fully saturated rings. The molecule has 4 heteroatoms. The lowest BCUT2D eigenvalue weighted by Crippen LogP contribution is -1.92. The van der Waals surface area contributed by atoms with Crippen molar-refractivity contribution in [3.05, 3.63) is 18.2 Å². The summed E-state index contributed by atoms with van der Waals surface area (Å²) in [7, 11) is 0. The number of rotatable bonds is 0. The van der Waals surface area contributed by atoms with E-state index in [0.717, 1.165) is 24.4 Å². The van der Waals surface area contributed by atoms with Crippen molar-refractivity contribution >= 4 is 5.71 Å². The number of hydrogen-bond donors (Lipinski definition) is 1. The van der Waals surface area contributed by atoms with Gasteiger partial charge in [-0.25, -0.2) is 4.98 Å². The zero-order valence-corrected chi connectivity index (χ0v) is 5.36. The van der Waals surface area contributed by atoms with E-state index in [0.29, 0.717) is 0 Å². The van der Waals surface area contributed by atoms with Crippen LogP contribution in [0.25, 0.3) is 0 Å². The molecular formula is C6H7N3O. The lowest BCUT2D eigenvalue weighted by Gasteiger charge is -1.88. The molecule has 0 unspecified atom stereocenters. The molecule has 0 saturated carbocycles. The molecule has 4 nitrogen and oxygen atoms in total. The molecular weight excluding hydrogens is 130 g/mol. The summed E-state index contributed by atoms with van der Waals surface area (Å²) in [6, 6.07) is 0. The number of nitrogens with zero attached hydrogens (tertiary/aromatic N) is 3. The second kappa shape index (κ2) is 1.83. The van der Waals surface area contributed by atoms with Gasteiger partial charge >= 0.3 is 0 Å². The standard InChI is InChI=1S/C6H7N3O/c10-8-5-1-2-9-4-7-3-6(5)9/h3-4,10H,1-2H2/b8-5-. The normalized spacial score (nSPS) is 19.8. The predicted molar refractivity (Wildman–Crippen MR) is 35.2 cm³/mol. The third-order valence-electron chi connectivity index (χ3n) is 1.72. The summed E-state index contributed by atoms with van der Waals surface area (Å²) >= 11 is 0. The van der Waals surface area contributed by atoms with Gasteiger partial charge in [-0.3, -0.25) is 0 Å². The molecule has 0 aromatic carbocycles. The maximum Gasteiger partial charge on any atom is 0.107 e. The molecule has 1 N–H and O–H groups in total. The number of aromatic nitrogens is 2. The molecule has 0 radical (unpaired) electrons. The zero-order valence-electron chi connectivity index (χ0n) is 5.36. The van der Waals surface area contributed by atoms with Crippen LogP contribution in [0.5, 0.6) is 0 Å². The second-order valence-corrected chi connectivity index (χ2v) is 2.27. The molecule has 2 heterocycles. The van der Waals surface area contributed by atoms with Crippen molar-refractivity contribution in [1.82, 2.24) is 9.55 Å². The van der Waals surface area contributed by atoms with E-state index in [4.69, 9.17) is 5.21 Å². The van der Waals surface area contributed by atoms with Crippen molar-refractivity contribution < 1.29 is 5.21 Å². The lowest BCUT2D eigenvalue weighted by atomic mass is 10.3. The number of fused-ring (bicyclic) bond motifs is 1. The molecule has 1 aromatic heterocycles. The fourth-order valence-corrected chi connectivity index (χ4v) is 1.19. The van der Waals surface area contributed by atoms with Gasteiger partial charge in [-0.1, -0.05) is 5.16 Å². The summed E-state index contributed by atoms with van der Waals surface area (Å²) in [5.74, 6) is 0. The molecule has 0 atom stereocenters. The van der Waals surface area contributed by atoms with Crippen LogP contribution in [0.4, 0.5) is 0 Å². The van der Waals surface area contributed by atoms with Gasteiger partial charge in [-0.15, -0.1) is 0 Å². The first-order valence-corrected chi connectivity index (χ1v) is 3.13. The molecule has 0 aliphatic carbocycles. The van der Waals surface area contributed by atoms with Crippen molar-refractivity contribution in [3.63, 3.8) is 0 Å². The maximum absolute atomic E-state index is 8.48. The minimum atomic E-state index is 0.734. The Morgan fingerprint density at radius 1 is 1.70 bits per heavy atom. The van der Waals surface area contributed by atoms with E-state index < -0.39 is 0 Å². The van der Waals surface area contributed by atoms with Crippen LogP contribution in [-0.2, 0) is 6.54 Å². The molecule has 10 heavy (non-hydrogen) atoms. The van der Waals surface area contributed by atoms with Gasteiger partial charge in [0.05, 0.1) is 18.2 Å². The Hall–Kier alpha value is -1.32.